The summed E-state index contributed by atoms with van der Waals surface area (Å²) in [4.78, 5) is 25.7. The highest BCUT2D eigenvalue weighted by atomic mass is 32.1. The van der Waals surface area contributed by atoms with Crippen molar-refractivity contribution in [2.45, 2.75) is 13.1 Å². The summed E-state index contributed by atoms with van der Waals surface area (Å²) in [5, 5.41) is 10.7. The summed E-state index contributed by atoms with van der Waals surface area (Å²) in [6, 6.07) is 35.7. The fourth-order valence-corrected chi connectivity index (χ4v) is 5.48. The summed E-state index contributed by atoms with van der Waals surface area (Å²) in [5.74, 6) is 0.521. The Morgan fingerprint density at radius 3 is 2.15 bits per heavy atom. The molecule has 0 aliphatic heterocycles. The lowest BCUT2D eigenvalue weighted by Gasteiger charge is -2.26. The lowest BCUT2D eigenvalue weighted by Crippen LogP contribution is -2.29. The van der Waals surface area contributed by atoms with Crippen LogP contribution in [0.25, 0.3) is 27.5 Å². The van der Waals surface area contributed by atoms with Crippen molar-refractivity contribution in [3.63, 3.8) is 0 Å². The van der Waals surface area contributed by atoms with Crippen LogP contribution in [-0.2, 0) is 13.1 Å². The molecule has 0 bridgehead atoms. The van der Waals surface area contributed by atoms with Gasteiger partial charge in [-0.1, -0.05) is 78.9 Å². The number of nitrogens with zero attached hydrogens (tertiary/aromatic N) is 5. The van der Waals surface area contributed by atoms with Gasteiger partial charge in [0.2, 0.25) is 0 Å². The average Bonchev–Trinajstić information content (AvgIpc) is 3.42. The van der Waals surface area contributed by atoms with Gasteiger partial charge in [-0.05, 0) is 41.5 Å². The van der Waals surface area contributed by atoms with Gasteiger partial charge in [0.15, 0.2) is 0 Å². The molecule has 0 fully saturated rings. The predicted molar refractivity (Wildman–Crippen MR) is 157 cm³/mol. The van der Waals surface area contributed by atoms with E-state index in [1.165, 1.54) is 15.7 Å². The molecule has 0 aliphatic carbocycles. The average molecular weight is 526 g/mol. The van der Waals surface area contributed by atoms with Crippen LogP contribution < -0.4 is 10.5 Å². The van der Waals surface area contributed by atoms with Crippen molar-refractivity contribution in [3.8, 4) is 6.07 Å². The molecule has 0 aliphatic rings. The van der Waals surface area contributed by atoms with Gasteiger partial charge in [0.25, 0.3) is 5.56 Å². The van der Waals surface area contributed by atoms with Gasteiger partial charge in [0, 0.05) is 19.3 Å². The first-order valence-corrected chi connectivity index (χ1v) is 13.3. The van der Waals surface area contributed by atoms with Crippen molar-refractivity contribution in [2.75, 3.05) is 4.90 Å². The smallest absolute Gasteiger partial charge is 0.267 e. The molecule has 7 heteroatoms. The molecule has 0 atom stereocenters. The zero-order chi connectivity index (χ0) is 26.6. The highest BCUT2D eigenvalue weighted by Gasteiger charge is 2.20. The molecule has 0 unspecified atom stereocenters. The van der Waals surface area contributed by atoms with Crippen LogP contribution >= 0.6 is 11.3 Å². The van der Waals surface area contributed by atoms with E-state index in [9.17, 15) is 10.1 Å². The molecule has 3 aromatic carbocycles. The molecule has 0 saturated heterocycles. The van der Waals surface area contributed by atoms with Crippen molar-refractivity contribution in [2.24, 2.45) is 0 Å². The fraction of sp³-hybridized carbons (Fsp3) is 0.0625. The van der Waals surface area contributed by atoms with E-state index in [0.29, 0.717) is 40.7 Å². The number of allylic oxidation sites excluding steroid dienone is 1. The van der Waals surface area contributed by atoms with Crippen molar-refractivity contribution in [1.82, 2.24) is 14.4 Å². The van der Waals surface area contributed by atoms with E-state index in [0.717, 1.165) is 21.3 Å². The van der Waals surface area contributed by atoms with Gasteiger partial charge < -0.3 is 4.90 Å². The molecule has 0 spiro atoms. The lowest BCUT2D eigenvalue weighted by molar-refractivity contribution is 0.778. The van der Waals surface area contributed by atoms with E-state index in [1.807, 2.05) is 72.8 Å². The van der Waals surface area contributed by atoms with Crippen LogP contribution in [0.15, 0.2) is 114 Å². The van der Waals surface area contributed by atoms with Crippen LogP contribution in [0.2, 0.25) is 0 Å². The summed E-state index contributed by atoms with van der Waals surface area (Å²) >= 11 is 1.43. The maximum absolute atomic E-state index is 13.9. The summed E-state index contributed by atoms with van der Waals surface area (Å²) in [5.41, 5.74) is 3.97. The first-order valence-electron chi connectivity index (χ1n) is 12.5. The molecule has 6 rings (SSSR count). The van der Waals surface area contributed by atoms with Crippen LogP contribution in [-0.4, -0.2) is 14.4 Å². The second-order valence-electron chi connectivity index (χ2n) is 9.07. The number of pyridine rings is 1. The van der Waals surface area contributed by atoms with Gasteiger partial charge in [-0.3, -0.25) is 9.20 Å². The van der Waals surface area contributed by atoms with Gasteiger partial charge in [-0.25, -0.2) is 9.97 Å². The molecular formula is C32H23N5OS. The van der Waals surface area contributed by atoms with E-state index in [1.54, 1.807) is 18.3 Å². The Bertz CT molecular complexity index is 1830. The molecule has 0 radical (unpaired) electrons. The van der Waals surface area contributed by atoms with E-state index >= 15 is 0 Å². The Balaban J connectivity index is 1.56. The third-order valence-corrected chi connectivity index (χ3v) is 7.48. The number of benzene rings is 3. The second kappa shape index (κ2) is 10.7. The summed E-state index contributed by atoms with van der Waals surface area (Å²) in [6.07, 6.45) is 3.35. The van der Waals surface area contributed by atoms with Crippen molar-refractivity contribution in [1.29, 1.82) is 5.26 Å². The fourth-order valence-electron chi connectivity index (χ4n) is 4.55. The van der Waals surface area contributed by atoms with Crippen molar-refractivity contribution >= 4 is 44.7 Å². The number of fused-ring (bicyclic) bond motifs is 2. The largest absolute Gasteiger partial charge is 0.347 e. The predicted octanol–water partition coefficient (Wildman–Crippen LogP) is 6.58. The van der Waals surface area contributed by atoms with Gasteiger partial charge in [0.05, 0.1) is 21.4 Å². The minimum Gasteiger partial charge on any atom is -0.347 e. The number of nitriles is 1. The maximum atomic E-state index is 13.9. The molecule has 188 valence electrons. The molecule has 3 aromatic heterocycles. The maximum Gasteiger partial charge on any atom is 0.267 e. The highest BCUT2D eigenvalue weighted by molar-refractivity contribution is 7.19. The van der Waals surface area contributed by atoms with Gasteiger partial charge in [-0.15, -0.1) is 11.3 Å². The number of hydrogen-bond donors (Lipinski definition) is 0. The Hall–Kier alpha value is -5.06. The van der Waals surface area contributed by atoms with Crippen LogP contribution in [0.4, 0.5) is 5.82 Å². The molecule has 6 aromatic rings. The van der Waals surface area contributed by atoms with Crippen LogP contribution in [0, 0.1) is 11.3 Å². The van der Waals surface area contributed by atoms with Crippen molar-refractivity contribution in [3.05, 3.63) is 141 Å². The summed E-state index contributed by atoms with van der Waals surface area (Å²) < 4.78 is 2.50. The normalized spacial score (nSPS) is 11.5. The molecule has 0 saturated carbocycles. The zero-order valence-electron chi connectivity index (χ0n) is 20.9. The van der Waals surface area contributed by atoms with Crippen LogP contribution in [0.3, 0.4) is 0 Å². The monoisotopic (exact) mass is 525 g/mol. The number of anilines is 1. The number of para-hydroxylation sites is 1. The van der Waals surface area contributed by atoms with E-state index < -0.39 is 0 Å². The van der Waals surface area contributed by atoms with Gasteiger partial charge in [-0.2, -0.15) is 5.26 Å². The Labute approximate surface area is 229 Å². The standard InChI is InChI=1S/C32H23N5OS/c33-20-25(31-34-27-15-7-8-16-28(27)39-31)19-26-30(35-29-17-9-10-18-37(29)32(26)38)36(21-23-11-3-1-4-12-23)22-24-13-5-2-6-14-24/h1-19H,21-22H2/b25-19+. The SMILES string of the molecule is N#C/C(=C\c1c(N(Cc2ccccc2)Cc2ccccc2)nc2ccccn2c1=O)c1nc2ccccc2s1. The van der Waals surface area contributed by atoms with Gasteiger partial charge in [0.1, 0.15) is 22.5 Å². The Morgan fingerprint density at radius 1 is 0.846 bits per heavy atom. The number of thiazole rings is 1. The second-order valence-corrected chi connectivity index (χ2v) is 10.1. The third kappa shape index (κ3) is 5.06. The molecule has 3 heterocycles. The quantitative estimate of drug-likeness (QED) is 0.220. The first-order chi connectivity index (χ1) is 19.2. The summed E-state index contributed by atoms with van der Waals surface area (Å²) in [7, 11) is 0. The van der Waals surface area contributed by atoms with E-state index in [2.05, 4.69) is 40.2 Å². The van der Waals surface area contributed by atoms with Crippen LogP contribution in [0.5, 0.6) is 0 Å². The first kappa shape index (κ1) is 24.3. The minimum absolute atomic E-state index is 0.240. The Kier molecular flexibility index (Phi) is 6.69. The Morgan fingerprint density at radius 2 is 1.49 bits per heavy atom. The minimum atomic E-state index is -0.240. The molecule has 39 heavy (non-hydrogen) atoms. The van der Waals surface area contributed by atoms with Gasteiger partial charge >= 0.3 is 0 Å². The lowest BCUT2D eigenvalue weighted by atomic mass is 10.1. The zero-order valence-corrected chi connectivity index (χ0v) is 21.8. The molecule has 0 amide bonds. The molecule has 6 nitrogen and oxygen atoms in total. The highest BCUT2D eigenvalue weighted by Crippen LogP contribution is 2.30. The van der Waals surface area contributed by atoms with Crippen LogP contribution in [0.1, 0.15) is 21.7 Å². The molecule has 0 N–H and O–H groups in total. The number of rotatable bonds is 7. The summed E-state index contributed by atoms with van der Waals surface area (Å²) in [6.45, 7) is 1.07. The van der Waals surface area contributed by atoms with Crippen molar-refractivity contribution < 1.29 is 0 Å². The number of hydrogen-bond acceptors (Lipinski definition) is 6. The van der Waals surface area contributed by atoms with E-state index in [4.69, 9.17) is 4.98 Å². The topological polar surface area (TPSA) is 74.3 Å². The third-order valence-electron chi connectivity index (χ3n) is 6.41. The van der Waals surface area contributed by atoms with E-state index in [-0.39, 0.29) is 5.56 Å². The number of aromatic nitrogens is 3. The molecular weight excluding hydrogens is 502 g/mol.